The smallest absolute Gasteiger partial charge is 0.357 e. The monoisotopic (exact) mass is 376 g/mol. The quantitative estimate of drug-likeness (QED) is 0.492. The molecule has 134 valence electrons. The van der Waals surface area contributed by atoms with E-state index in [0.29, 0.717) is 12.4 Å². The Bertz CT molecular complexity index is 757. The van der Waals surface area contributed by atoms with Crippen LogP contribution in [0.15, 0.2) is 35.2 Å². The van der Waals surface area contributed by atoms with Crippen molar-refractivity contribution >= 4 is 29.2 Å². The maximum Gasteiger partial charge on any atom is 0.357 e. The number of thiocarbonyl (C=S) groups is 1. The van der Waals surface area contributed by atoms with Gasteiger partial charge in [0.1, 0.15) is 18.1 Å². The highest BCUT2D eigenvalue weighted by atomic mass is 32.2. The summed E-state index contributed by atoms with van der Waals surface area (Å²) in [5.41, 5.74) is 4.70. The normalized spacial score (nSPS) is 10.4. The predicted molar refractivity (Wildman–Crippen MR) is 108 cm³/mol. The molecule has 5 heteroatoms. The first kappa shape index (κ1) is 19.6. The summed E-state index contributed by atoms with van der Waals surface area (Å²) in [6.45, 7) is 6.77. The van der Waals surface area contributed by atoms with Gasteiger partial charge >= 0.3 is 5.24 Å². The highest BCUT2D eigenvalue weighted by Gasteiger charge is 2.13. The Balaban J connectivity index is 2.28. The van der Waals surface area contributed by atoms with Gasteiger partial charge in [0.05, 0.1) is 7.11 Å². The van der Waals surface area contributed by atoms with Crippen LogP contribution in [0.25, 0.3) is 0 Å². The number of aryl methyl sites for hydroxylation is 3. The molecule has 0 aliphatic carbocycles. The van der Waals surface area contributed by atoms with Crippen LogP contribution in [0.5, 0.6) is 11.5 Å². The number of thioether (sulfide) groups is 1. The Kier molecular flexibility index (Phi) is 7.14. The minimum absolute atomic E-state index is 0.0961. The van der Waals surface area contributed by atoms with Crippen LogP contribution in [0.4, 0.5) is 0 Å². The van der Waals surface area contributed by atoms with Crippen molar-refractivity contribution in [3.63, 3.8) is 0 Å². The Morgan fingerprint density at radius 3 is 2.52 bits per heavy atom. The molecule has 0 aliphatic rings. The van der Waals surface area contributed by atoms with Gasteiger partial charge in [0, 0.05) is 22.7 Å². The number of ether oxygens (including phenoxy) is 3. The van der Waals surface area contributed by atoms with E-state index in [9.17, 15) is 0 Å². The lowest BCUT2D eigenvalue weighted by Crippen LogP contribution is -2.10. The summed E-state index contributed by atoms with van der Waals surface area (Å²) in [7, 11) is 1.50. The lowest BCUT2D eigenvalue weighted by Gasteiger charge is -2.17. The lowest BCUT2D eigenvalue weighted by molar-refractivity contribution is 0.285. The van der Waals surface area contributed by atoms with E-state index in [1.807, 2.05) is 24.5 Å². The fourth-order valence-electron chi connectivity index (χ4n) is 2.64. The van der Waals surface area contributed by atoms with Crippen molar-refractivity contribution in [1.29, 1.82) is 0 Å². The second-order valence-corrected chi connectivity index (χ2v) is 6.86. The van der Waals surface area contributed by atoms with E-state index < -0.39 is 0 Å². The molecule has 2 rings (SSSR count). The second-order valence-electron chi connectivity index (χ2n) is 5.68. The first-order chi connectivity index (χ1) is 12.0. The number of hydrogen-bond acceptors (Lipinski definition) is 5. The van der Waals surface area contributed by atoms with E-state index in [0.717, 1.165) is 28.2 Å². The van der Waals surface area contributed by atoms with E-state index in [2.05, 4.69) is 32.9 Å². The molecule has 0 spiro atoms. The summed E-state index contributed by atoms with van der Waals surface area (Å²) in [6.07, 6.45) is 3.05. The van der Waals surface area contributed by atoms with Gasteiger partial charge in [0.2, 0.25) is 0 Å². The van der Waals surface area contributed by atoms with Gasteiger partial charge in [-0.05, 0) is 61.4 Å². The summed E-state index contributed by atoms with van der Waals surface area (Å²) in [6, 6.07) is 10.2. The molecule has 2 aromatic carbocycles. The Morgan fingerprint density at radius 1 is 1.12 bits per heavy atom. The maximum atomic E-state index is 6.12. The van der Waals surface area contributed by atoms with Gasteiger partial charge in [-0.3, -0.25) is 0 Å². The molecule has 2 aromatic rings. The van der Waals surface area contributed by atoms with Gasteiger partial charge in [0.25, 0.3) is 0 Å². The highest BCUT2D eigenvalue weighted by Crippen LogP contribution is 2.31. The van der Waals surface area contributed by atoms with Crippen molar-refractivity contribution < 1.29 is 14.2 Å². The molecule has 3 nitrogen and oxygen atoms in total. The molecule has 0 aromatic heterocycles. The third-order valence-corrected chi connectivity index (χ3v) is 5.13. The van der Waals surface area contributed by atoms with Gasteiger partial charge in [-0.2, -0.15) is 0 Å². The molecule has 0 saturated heterocycles. The molecule has 0 radical (unpaired) electrons. The first-order valence-corrected chi connectivity index (χ1v) is 9.78. The van der Waals surface area contributed by atoms with E-state index in [4.69, 9.17) is 26.4 Å². The van der Waals surface area contributed by atoms with Crippen LogP contribution in [0, 0.1) is 13.8 Å². The predicted octanol–water partition coefficient (Wildman–Crippen LogP) is 5.48. The van der Waals surface area contributed by atoms with Crippen molar-refractivity contribution in [1.82, 2.24) is 0 Å². The molecular weight excluding hydrogens is 352 g/mol. The minimum atomic E-state index is 0.0961. The molecule has 0 atom stereocenters. The standard InChI is InChI=1S/C20H24O3S2/c1-6-15-10-14(3)18(11-13(15)2)22-12-16-17(23-20(24)21-4)8-7-9-19(16)25-5/h7-11H,6,12H2,1-5H3. The average Bonchev–Trinajstić information content (AvgIpc) is 2.62. The SMILES string of the molecule is CCc1cc(C)c(OCc2c(OC(=S)OC)cccc2SC)cc1C. The lowest BCUT2D eigenvalue weighted by atomic mass is 10.0. The van der Waals surface area contributed by atoms with Crippen LogP contribution in [0.1, 0.15) is 29.2 Å². The Morgan fingerprint density at radius 2 is 1.88 bits per heavy atom. The Labute approximate surface area is 159 Å². The number of rotatable bonds is 6. The molecule has 0 bridgehead atoms. The minimum Gasteiger partial charge on any atom is -0.488 e. The van der Waals surface area contributed by atoms with E-state index in [1.54, 1.807) is 11.8 Å². The molecule has 0 amide bonds. The zero-order valence-electron chi connectivity index (χ0n) is 15.3. The third-order valence-electron chi connectivity index (χ3n) is 4.06. The van der Waals surface area contributed by atoms with Crippen molar-refractivity contribution in [2.45, 2.75) is 38.7 Å². The van der Waals surface area contributed by atoms with Gasteiger partial charge < -0.3 is 14.2 Å². The fraction of sp³-hybridized carbons (Fsp3) is 0.350. The van der Waals surface area contributed by atoms with Crippen molar-refractivity contribution in [3.8, 4) is 11.5 Å². The van der Waals surface area contributed by atoms with Crippen LogP contribution in [-0.2, 0) is 17.8 Å². The molecule has 0 unspecified atom stereocenters. The van der Waals surface area contributed by atoms with E-state index >= 15 is 0 Å². The van der Waals surface area contributed by atoms with Crippen LogP contribution in [0.3, 0.4) is 0 Å². The largest absolute Gasteiger partial charge is 0.488 e. The van der Waals surface area contributed by atoms with Gasteiger partial charge in [-0.25, -0.2) is 0 Å². The third kappa shape index (κ3) is 4.89. The molecule has 0 saturated carbocycles. The van der Waals surface area contributed by atoms with Gasteiger partial charge in [0.15, 0.2) is 0 Å². The van der Waals surface area contributed by atoms with E-state index in [1.165, 1.54) is 18.2 Å². The number of methoxy groups -OCH3 is 1. The zero-order valence-corrected chi connectivity index (χ0v) is 17.0. The zero-order chi connectivity index (χ0) is 18.4. The molecular formula is C20H24O3S2. The molecule has 0 heterocycles. The highest BCUT2D eigenvalue weighted by molar-refractivity contribution is 7.98. The van der Waals surface area contributed by atoms with Gasteiger partial charge in [-0.1, -0.05) is 19.1 Å². The van der Waals surface area contributed by atoms with Crippen LogP contribution in [0.2, 0.25) is 0 Å². The van der Waals surface area contributed by atoms with Crippen LogP contribution < -0.4 is 9.47 Å². The summed E-state index contributed by atoms with van der Waals surface area (Å²) in [5, 5.41) is 0.0961. The van der Waals surface area contributed by atoms with Gasteiger partial charge in [-0.15, -0.1) is 11.8 Å². The van der Waals surface area contributed by atoms with Crippen LogP contribution in [-0.4, -0.2) is 18.6 Å². The molecule has 0 fully saturated rings. The van der Waals surface area contributed by atoms with Crippen molar-refractivity contribution in [2.75, 3.05) is 13.4 Å². The van der Waals surface area contributed by atoms with Crippen molar-refractivity contribution in [2.24, 2.45) is 0 Å². The summed E-state index contributed by atoms with van der Waals surface area (Å²) in [4.78, 5) is 1.09. The number of hydrogen-bond donors (Lipinski definition) is 0. The van der Waals surface area contributed by atoms with Crippen LogP contribution >= 0.6 is 24.0 Å². The van der Waals surface area contributed by atoms with E-state index in [-0.39, 0.29) is 5.24 Å². The van der Waals surface area contributed by atoms with Crippen molar-refractivity contribution in [3.05, 3.63) is 52.6 Å². The maximum absolute atomic E-state index is 6.12. The fourth-order valence-corrected chi connectivity index (χ4v) is 3.35. The summed E-state index contributed by atoms with van der Waals surface area (Å²) in [5.74, 6) is 1.56. The average molecular weight is 377 g/mol. The summed E-state index contributed by atoms with van der Waals surface area (Å²) >= 11 is 6.68. The second kappa shape index (κ2) is 9.11. The Hall–Kier alpha value is -1.72. The first-order valence-electron chi connectivity index (χ1n) is 8.14. The molecule has 0 N–H and O–H groups in total. The molecule has 0 aliphatic heterocycles. The summed E-state index contributed by atoms with van der Waals surface area (Å²) < 4.78 is 16.7. The number of benzene rings is 2. The molecule has 25 heavy (non-hydrogen) atoms. The topological polar surface area (TPSA) is 27.7 Å².